The van der Waals surface area contributed by atoms with Gasteiger partial charge in [0.05, 0.1) is 0 Å². The molecule has 0 saturated heterocycles. The second-order valence-corrected chi connectivity index (χ2v) is 9.31. The van der Waals surface area contributed by atoms with Crippen molar-refractivity contribution in [2.24, 2.45) is 5.41 Å². The highest BCUT2D eigenvalue weighted by Crippen LogP contribution is 2.46. The molecular formula is C26H27FN2O2. The van der Waals surface area contributed by atoms with Crippen LogP contribution in [0.3, 0.4) is 0 Å². The lowest BCUT2D eigenvalue weighted by atomic mass is 9.68. The Morgan fingerprint density at radius 3 is 2.48 bits per heavy atom. The number of benzene rings is 2. The molecule has 2 aromatic rings. The Morgan fingerprint density at radius 1 is 1.10 bits per heavy atom. The first kappa shape index (κ1) is 21.0. The zero-order chi connectivity index (χ0) is 22.3. The predicted molar refractivity (Wildman–Crippen MR) is 120 cm³/mol. The second-order valence-electron chi connectivity index (χ2n) is 9.31. The molecule has 1 atom stereocenters. The number of carbonyl (C=O) groups excluding carboxylic acids is 2. The fourth-order valence-corrected chi connectivity index (χ4v) is 4.59. The summed E-state index contributed by atoms with van der Waals surface area (Å²) in [5.41, 5.74) is 5.01. The fourth-order valence-electron chi connectivity index (χ4n) is 4.59. The number of ketones is 1. The van der Waals surface area contributed by atoms with Crippen LogP contribution in [-0.4, -0.2) is 11.7 Å². The summed E-state index contributed by atoms with van der Waals surface area (Å²) in [7, 11) is 0. The van der Waals surface area contributed by atoms with Gasteiger partial charge in [-0.1, -0.05) is 49.7 Å². The zero-order valence-corrected chi connectivity index (χ0v) is 18.3. The van der Waals surface area contributed by atoms with Gasteiger partial charge < -0.3 is 10.6 Å². The van der Waals surface area contributed by atoms with Crippen LogP contribution in [0.15, 0.2) is 71.1 Å². The molecule has 2 N–H and O–H groups in total. The number of dihydropyridines is 1. The molecular weight excluding hydrogens is 391 g/mol. The van der Waals surface area contributed by atoms with Gasteiger partial charge in [0.1, 0.15) is 5.82 Å². The van der Waals surface area contributed by atoms with E-state index in [0.29, 0.717) is 29.0 Å². The Morgan fingerprint density at radius 2 is 1.81 bits per heavy atom. The molecule has 0 spiro atoms. The van der Waals surface area contributed by atoms with E-state index in [2.05, 4.69) is 24.5 Å². The van der Waals surface area contributed by atoms with Crippen LogP contribution in [0, 0.1) is 18.2 Å². The number of aryl methyl sites for hydroxylation is 1. The van der Waals surface area contributed by atoms with E-state index in [-0.39, 0.29) is 17.1 Å². The normalized spacial score (nSPS) is 20.3. The average Bonchev–Trinajstić information content (AvgIpc) is 2.66. The summed E-state index contributed by atoms with van der Waals surface area (Å²) in [5, 5.41) is 6.16. The van der Waals surface area contributed by atoms with Crippen LogP contribution in [-0.2, 0) is 9.59 Å². The van der Waals surface area contributed by atoms with E-state index < -0.39 is 11.7 Å². The predicted octanol–water partition coefficient (Wildman–Crippen LogP) is 5.38. The number of anilines is 1. The standard InChI is InChI=1S/C26H27FN2O2/c1-15-8-10-17(11-9-15)23-22(25(31)29-19-7-5-6-18(27)12-19)16(2)28-20-13-26(3,4)14-21(30)24(20)23/h5-12,23,28H,13-14H2,1-4H3,(H,29,31)/t23-/m0/s1. The van der Waals surface area contributed by atoms with Gasteiger partial charge in [-0.05, 0) is 49.4 Å². The van der Waals surface area contributed by atoms with Crippen molar-refractivity contribution < 1.29 is 14.0 Å². The van der Waals surface area contributed by atoms with E-state index in [1.165, 1.54) is 12.1 Å². The van der Waals surface area contributed by atoms with Crippen LogP contribution in [0.1, 0.15) is 50.7 Å². The van der Waals surface area contributed by atoms with Crippen molar-refractivity contribution in [1.82, 2.24) is 5.32 Å². The molecule has 0 radical (unpaired) electrons. The number of nitrogens with one attached hydrogen (secondary N) is 2. The van der Waals surface area contributed by atoms with Crippen LogP contribution in [0.4, 0.5) is 10.1 Å². The van der Waals surface area contributed by atoms with Gasteiger partial charge >= 0.3 is 0 Å². The van der Waals surface area contributed by atoms with Crippen LogP contribution < -0.4 is 10.6 Å². The maximum absolute atomic E-state index is 13.6. The third kappa shape index (κ3) is 4.18. The van der Waals surface area contributed by atoms with Gasteiger partial charge in [-0.3, -0.25) is 9.59 Å². The van der Waals surface area contributed by atoms with Gasteiger partial charge in [-0.2, -0.15) is 0 Å². The molecule has 31 heavy (non-hydrogen) atoms. The van der Waals surface area contributed by atoms with Crippen molar-refractivity contribution in [3.8, 4) is 0 Å². The minimum Gasteiger partial charge on any atom is -0.362 e. The molecule has 0 unspecified atom stereocenters. The lowest BCUT2D eigenvalue weighted by Crippen LogP contribution is -2.39. The Balaban J connectivity index is 1.80. The third-order valence-corrected chi connectivity index (χ3v) is 5.98. The van der Waals surface area contributed by atoms with Crippen molar-refractivity contribution in [2.45, 2.75) is 46.5 Å². The lowest BCUT2D eigenvalue weighted by molar-refractivity contribution is -0.118. The van der Waals surface area contributed by atoms with E-state index in [0.717, 1.165) is 23.2 Å². The van der Waals surface area contributed by atoms with Gasteiger partial charge in [0.2, 0.25) is 0 Å². The Bertz CT molecular complexity index is 1130. The van der Waals surface area contributed by atoms with Crippen molar-refractivity contribution in [2.75, 3.05) is 5.32 Å². The molecule has 0 saturated carbocycles. The number of amides is 1. The molecule has 0 aromatic heterocycles. The van der Waals surface area contributed by atoms with Crippen molar-refractivity contribution >= 4 is 17.4 Å². The molecule has 0 bridgehead atoms. The largest absolute Gasteiger partial charge is 0.362 e. The van der Waals surface area contributed by atoms with Gasteiger partial charge in [0.25, 0.3) is 5.91 Å². The highest BCUT2D eigenvalue weighted by molar-refractivity contribution is 6.09. The smallest absolute Gasteiger partial charge is 0.254 e. The van der Waals surface area contributed by atoms with Gasteiger partial charge in [0, 0.05) is 40.6 Å². The highest BCUT2D eigenvalue weighted by Gasteiger charge is 2.42. The quantitative estimate of drug-likeness (QED) is 0.704. The summed E-state index contributed by atoms with van der Waals surface area (Å²) in [6.45, 7) is 8.03. The maximum Gasteiger partial charge on any atom is 0.254 e. The second kappa shape index (κ2) is 7.80. The van der Waals surface area contributed by atoms with E-state index in [4.69, 9.17) is 0 Å². The fraction of sp³-hybridized carbons (Fsp3) is 0.308. The summed E-state index contributed by atoms with van der Waals surface area (Å²) >= 11 is 0. The number of rotatable bonds is 3. The number of carbonyl (C=O) groups is 2. The molecule has 1 amide bonds. The number of halogens is 1. The molecule has 2 aliphatic rings. The summed E-state index contributed by atoms with van der Waals surface area (Å²) in [5.74, 6) is -1.16. The van der Waals surface area contributed by atoms with Gasteiger partial charge in [0.15, 0.2) is 5.78 Å². The molecule has 1 aliphatic carbocycles. The third-order valence-electron chi connectivity index (χ3n) is 5.98. The zero-order valence-electron chi connectivity index (χ0n) is 18.3. The molecule has 1 aliphatic heterocycles. The summed E-state index contributed by atoms with van der Waals surface area (Å²) in [4.78, 5) is 26.7. The maximum atomic E-state index is 13.6. The molecule has 2 aromatic carbocycles. The summed E-state index contributed by atoms with van der Waals surface area (Å²) < 4.78 is 13.6. The molecule has 0 fully saturated rings. The first-order chi connectivity index (χ1) is 14.6. The molecule has 1 heterocycles. The lowest BCUT2D eigenvalue weighted by Gasteiger charge is -2.39. The Kier molecular flexibility index (Phi) is 5.29. The molecule has 4 rings (SSSR count). The minimum atomic E-state index is -0.464. The van der Waals surface area contributed by atoms with Crippen LogP contribution in [0.25, 0.3) is 0 Å². The van der Waals surface area contributed by atoms with E-state index in [9.17, 15) is 14.0 Å². The van der Waals surface area contributed by atoms with Crippen molar-refractivity contribution in [3.05, 3.63) is 88.0 Å². The van der Waals surface area contributed by atoms with Gasteiger partial charge in [-0.15, -0.1) is 0 Å². The van der Waals surface area contributed by atoms with Crippen LogP contribution in [0.5, 0.6) is 0 Å². The van der Waals surface area contributed by atoms with Gasteiger partial charge in [-0.25, -0.2) is 4.39 Å². The first-order valence-corrected chi connectivity index (χ1v) is 10.5. The number of hydrogen-bond donors (Lipinski definition) is 2. The van der Waals surface area contributed by atoms with Crippen molar-refractivity contribution in [1.29, 1.82) is 0 Å². The monoisotopic (exact) mass is 418 g/mol. The Hall–Kier alpha value is -3.21. The topological polar surface area (TPSA) is 58.2 Å². The average molecular weight is 419 g/mol. The SMILES string of the molecule is CC1=C(C(=O)Nc2cccc(F)c2)[C@H](c2ccc(C)cc2)C2=C(CC(C)(C)CC2=O)N1. The highest BCUT2D eigenvalue weighted by atomic mass is 19.1. The van der Waals surface area contributed by atoms with Crippen molar-refractivity contribution in [3.63, 3.8) is 0 Å². The van der Waals surface area contributed by atoms with Crippen LogP contribution in [0.2, 0.25) is 0 Å². The van der Waals surface area contributed by atoms with Crippen LogP contribution >= 0.6 is 0 Å². The number of Topliss-reactive ketones (excluding diaryl/α,β-unsaturated/α-hetero) is 1. The number of allylic oxidation sites excluding steroid dienone is 3. The number of hydrogen-bond acceptors (Lipinski definition) is 3. The Labute approximate surface area is 182 Å². The van der Waals surface area contributed by atoms with E-state index in [1.54, 1.807) is 12.1 Å². The minimum absolute atomic E-state index is 0.0629. The summed E-state index contributed by atoms with van der Waals surface area (Å²) in [6.07, 6.45) is 1.18. The first-order valence-electron chi connectivity index (χ1n) is 10.5. The molecule has 4 nitrogen and oxygen atoms in total. The van der Waals surface area contributed by atoms with E-state index in [1.807, 2.05) is 38.1 Å². The molecule has 5 heteroatoms. The molecule has 160 valence electrons. The van der Waals surface area contributed by atoms with E-state index >= 15 is 0 Å². The summed E-state index contributed by atoms with van der Waals surface area (Å²) in [6, 6.07) is 13.7.